The fraction of sp³-hybridized carbons (Fsp3) is 0.105. The number of nitrogens with one attached hydrogen (secondary N) is 2. The van der Waals surface area contributed by atoms with Crippen molar-refractivity contribution in [1.82, 2.24) is 4.98 Å². The van der Waals surface area contributed by atoms with Gasteiger partial charge in [-0.3, -0.25) is 4.72 Å². The number of hydrogen-bond donors (Lipinski definition) is 2. The summed E-state index contributed by atoms with van der Waals surface area (Å²) in [4.78, 5) is 2.66. The van der Waals surface area contributed by atoms with Gasteiger partial charge in [0.1, 0.15) is 11.0 Å². The summed E-state index contributed by atoms with van der Waals surface area (Å²) < 4.78 is 60.4. The molecular formula is C19H15F2N3O3S. The molecule has 0 aliphatic rings. The number of anilines is 1. The van der Waals surface area contributed by atoms with Crippen LogP contribution in [0.4, 0.5) is 14.5 Å². The Bertz CT molecular complexity index is 1120. The first-order chi connectivity index (χ1) is 13.4. The number of aromatic nitrogens is 1. The van der Waals surface area contributed by atoms with Gasteiger partial charge in [0.15, 0.2) is 24.0 Å². The Labute approximate surface area is 160 Å². The van der Waals surface area contributed by atoms with E-state index in [0.29, 0.717) is 24.1 Å². The monoisotopic (exact) mass is 403 g/mol. The summed E-state index contributed by atoms with van der Waals surface area (Å²) in [6.07, 6.45) is 3.16. The predicted molar refractivity (Wildman–Crippen MR) is 98.3 cm³/mol. The second kappa shape index (κ2) is 8.10. The number of benzene rings is 2. The van der Waals surface area contributed by atoms with E-state index in [2.05, 4.69) is 9.71 Å². The van der Waals surface area contributed by atoms with Crippen LogP contribution in [-0.2, 0) is 16.4 Å². The highest BCUT2D eigenvalue weighted by atomic mass is 32.2. The van der Waals surface area contributed by atoms with E-state index >= 15 is 0 Å². The van der Waals surface area contributed by atoms with Gasteiger partial charge in [0, 0.05) is 30.9 Å². The van der Waals surface area contributed by atoms with Crippen LogP contribution in [0.3, 0.4) is 0 Å². The van der Waals surface area contributed by atoms with Gasteiger partial charge in [0.2, 0.25) is 0 Å². The van der Waals surface area contributed by atoms with E-state index in [9.17, 15) is 17.2 Å². The fourth-order valence-electron chi connectivity index (χ4n) is 2.61. The highest BCUT2D eigenvalue weighted by molar-refractivity contribution is 7.92. The van der Waals surface area contributed by atoms with Crippen molar-refractivity contribution in [1.29, 1.82) is 5.26 Å². The molecule has 0 saturated carbocycles. The largest absolute Gasteiger partial charge is 0.476 e. The summed E-state index contributed by atoms with van der Waals surface area (Å²) >= 11 is 0. The summed E-state index contributed by atoms with van der Waals surface area (Å²) in [5.74, 6) is -2.50. The minimum absolute atomic E-state index is 0.0685. The van der Waals surface area contributed by atoms with E-state index in [1.165, 1.54) is 12.4 Å². The van der Waals surface area contributed by atoms with Gasteiger partial charge in [-0.1, -0.05) is 30.3 Å². The Morgan fingerprint density at radius 1 is 1.11 bits per heavy atom. The maximum Gasteiger partial charge on any atom is 0.263 e. The van der Waals surface area contributed by atoms with Crippen molar-refractivity contribution in [2.45, 2.75) is 11.3 Å². The molecule has 0 atom stereocenters. The summed E-state index contributed by atoms with van der Waals surface area (Å²) in [6.45, 7) is -0.465. The summed E-state index contributed by atoms with van der Waals surface area (Å²) in [5.41, 5.74) is 0.817. The number of sulfonamides is 1. The zero-order chi connectivity index (χ0) is 20.1. The molecule has 0 spiro atoms. The summed E-state index contributed by atoms with van der Waals surface area (Å²) in [7, 11) is -4.17. The van der Waals surface area contributed by atoms with Gasteiger partial charge in [0.25, 0.3) is 10.0 Å². The minimum Gasteiger partial charge on any atom is -0.476 e. The van der Waals surface area contributed by atoms with Gasteiger partial charge in [-0.25, -0.2) is 17.2 Å². The molecule has 3 aromatic rings. The number of nitriles is 1. The van der Waals surface area contributed by atoms with Crippen molar-refractivity contribution in [3.8, 4) is 11.8 Å². The zero-order valence-corrected chi connectivity index (χ0v) is 15.3. The van der Waals surface area contributed by atoms with E-state index in [-0.39, 0.29) is 4.90 Å². The normalized spacial score (nSPS) is 11.0. The molecular weight excluding hydrogens is 388 g/mol. The predicted octanol–water partition coefficient (Wildman–Crippen LogP) is 3.59. The van der Waals surface area contributed by atoms with Crippen LogP contribution in [0.1, 0.15) is 11.1 Å². The molecule has 1 heterocycles. The van der Waals surface area contributed by atoms with E-state index in [1.807, 2.05) is 30.3 Å². The molecule has 2 aromatic carbocycles. The Morgan fingerprint density at radius 3 is 2.57 bits per heavy atom. The molecule has 1 aromatic heterocycles. The average Bonchev–Trinajstić information content (AvgIpc) is 3.13. The number of H-pyrrole nitrogens is 1. The number of aromatic amines is 1. The Balaban J connectivity index is 1.86. The lowest BCUT2D eigenvalue weighted by atomic mass is 10.1. The molecule has 0 amide bonds. The van der Waals surface area contributed by atoms with E-state index in [1.54, 1.807) is 6.07 Å². The molecule has 0 aliphatic heterocycles. The second-order valence-corrected chi connectivity index (χ2v) is 7.47. The topological polar surface area (TPSA) is 95.0 Å². The molecule has 0 saturated heterocycles. The molecule has 0 fully saturated rings. The molecule has 6 nitrogen and oxygen atoms in total. The lowest BCUT2D eigenvalue weighted by Gasteiger charge is -2.11. The van der Waals surface area contributed by atoms with Crippen LogP contribution in [0.25, 0.3) is 0 Å². The van der Waals surface area contributed by atoms with Crippen LogP contribution in [0.5, 0.6) is 5.75 Å². The van der Waals surface area contributed by atoms with Crippen LogP contribution < -0.4 is 9.46 Å². The van der Waals surface area contributed by atoms with Crippen LogP contribution in [0, 0.1) is 23.0 Å². The third-order valence-corrected chi connectivity index (χ3v) is 5.32. The van der Waals surface area contributed by atoms with Crippen molar-refractivity contribution in [2.75, 3.05) is 11.3 Å². The quantitative estimate of drug-likeness (QED) is 0.630. The van der Waals surface area contributed by atoms with Crippen molar-refractivity contribution in [3.05, 3.63) is 77.6 Å². The molecule has 144 valence electrons. The smallest absolute Gasteiger partial charge is 0.263 e. The zero-order valence-electron chi connectivity index (χ0n) is 14.4. The van der Waals surface area contributed by atoms with Gasteiger partial charge in [0.05, 0.1) is 5.69 Å². The van der Waals surface area contributed by atoms with Crippen molar-refractivity contribution in [3.63, 3.8) is 0 Å². The Hall–Kier alpha value is -3.38. The molecule has 0 aliphatic carbocycles. The number of nitrogens with zero attached hydrogens (tertiary/aromatic N) is 1. The van der Waals surface area contributed by atoms with E-state index < -0.39 is 39.7 Å². The second-order valence-electron chi connectivity index (χ2n) is 5.82. The molecule has 28 heavy (non-hydrogen) atoms. The number of hydrogen-bond acceptors (Lipinski definition) is 4. The number of halogens is 2. The third kappa shape index (κ3) is 4.29. The van der Waals surface area contributed by atoms with Gasteiger partial charge in [-0.2, -0.15) is 5.26 Å². The number of ether oxygens (including phenoxy) is 1. The highest BCUT2D eigenvalue weighted by Gasteiger charge is 2.22. The van der Waals surface area contributed by atoms with Crippen LogP contribution in [0.15, 0.2) is 59.8 Å². The number of rotatable bonds is 7. The Kier molecular flexibility index (Phi) is 5.61. The standard InChI is InChI=1S/C19H15F2N3O3S/c20-15-10-18(27-7-6-22)16(21)9-17(15)24-28(25,26)19-12-23-11-14(19)8-13-4-2-1-3-5-13/h1-5,9-12,23-24H,7-8H2. The molecule has 3 rings (SSSR count). The molecule has 9 heteroatoms. The first kappa shape index (κ1) is 19.4. The van der Waals surface area contributed by atoms with E-state index in [0.717, 1.165) is 5.56 Å². The van der Waals surface area contributed by atoms with Gasteiger partial charge < -0.3 is 9.72 Å². The van der Waals surface area contributed by atoms with Gasteiger partial charge >= 0.3 is 0 Å². The van der Waals surface area contributed by atoms with Crippen molar-refractivity contribution >= 4 is 15.7 Å². The van der Waals surface area contributed by atoms with Crippen LogP contribution >= 0.6 is 0 Å². The van der Waals surface area contributed by atoms with E-state index in [4.69, 9.17) is 10.00 Å². The SMILES string of the molecule is N#CCOc1cc(F)c(NS(=O)(=O)c2c[nH]cc2Cc2ccccc2)cc1F. The molecule has 0 bridgehead atoms. The maximum absolute atomic E-state index is 14.2. The maximum atomic E-state index is 14.2. The van der Waals surface area contributed by atoms with Gasteiger partial charge in [-0.15, -0.1) is 0 Å². The summed E-state index contributed by atoms with van der Waals surface area (Å²) in [6, 6.07) is 12.2. The molecule has 0 radical (unpaired) electrons. The van der Waals surface area contributed by atoms with Crippen molar-refractivity contribution < 1.29 is 21.9 Å². The lowest BCUT2D eigenvalue weighted by molar-refractivity contribution is 0.344. The van der Waals surface area contributed by atoms with Gasteiger partial charge in [-0.05, 0) is 11.1 Å². The average molecular weight is 403 g/mol. The summed E-state index contributed by atoms with van der Waals surface area (Å²) in [5, 5.41) is 8.45. The first-order valence-corrected chi connectivity index (χ1v) is 9.60. The van der Waals surface area contributed by atoms with Crippen LogP contribution in [0.2, 0.25) is 0 Å². The highest BCUT2D eigenvalue weighted by Crippen LogP contribution is 2.28. The first-order valence-electron chi connectivity index (χ1n) is 8.12. The molecule has 2 N–H and O–H groups in total. The van der Waals surface area contributed by atoms with Crippen LogP contribution in [-0.4, -0.2) is 20.0 Å². The fourth-order valence-corrected chi connectivity index (χ4v) is 3.87. The van der Waals surface area contributed by atoms with Crippen molar-refractivity contribution in [2.24, 2.45) is 0 Å². The third-order valence-electron chi connectivity index (χ3n) is 3.87. The molecule has 0 unspecified atom stereocenters. The Morgan fingerprint density at radius 2 is 1.86 bits per heavy atom. The lowest BCUT2D eigenvalue weighted by Crippen LogP contribution is -2.15. The minimum atomic E-state index is -4.17.